The zero-order chi connectivity index (χ0) is 11.1. The van der Waals surface area contributed by atoms with Crippen molar-refractivity contribution in [2.45, 2.75) is 26.3 Å². The van der Waals surface area contributed by atoms with Crippen molar-refractivity contribution in [3.63, 3.8) is 0 Å². The zero-order valence-electron chi connectivity index (χ0n) is 8.51. The largest absolute Gasteiger partial charge is 0.392 e. The van der Waals surface area contributed by atoms with E-state index in [-0.39, 0.29) is 11.2 Å². The average Bonchev–Trinajstić information content (AvgIpc) is 2.84. The van der Waals surface area contributed by atoms with Crippen molar-refractivity contribution in [1.82, 2.24) is 9.78 Å². The number of hydrogen-bond donors (Lipinski definition) is 1. The van der Waals surface area contributed by atoms with Crippen molar-refractivity contribution in [2.75, 3.05) is 5.75 Å². The molecule has 15 heavy (non-hydrogen) atoms. The molecule has 0 N–H and O–H groups in total. The van der Waals surface area contributed by atoms with Gasteiger partial charge in [0.1, 0.15) is 0 Å². The molecule has 0 aliphatic heterocycles. The summed E-state index contributed by atoms with van der Waals surface area (Å²) in [6.07, 6.45) is 4.02. The molecule has 1 saturated carbocycles. The van der Waals surface area contributed by atoms with E-state index in [1.54, 1.807) is 17.8 Å². The third-order valence-electron chi connectivity index (χ3n) is 2.88. The summed E-state index contributed by atoms with van der Waals surface area (Å²) < 4.78 is 1.68. The van der Waals surface area contributed by atoms with Crippen molar-refractivity contribution >= 4 is 18.4 Å². The first-order valence-electron chi connectivity index (χ1n) is 4.86. The van der Waals surface area contributed by atoms with E-state index in [9.17, 15) is 10.1 Å². The molecular formula is C9H13N3O2S. The highest BCUT2D eigenvalue weighted by molar-refractivity contribution is 7.80. The highest BCUT2D eigenvalue weighted by Crippen LogP contribution is 2.47. The quantitative estimate of drug-likeness (QED) is 0.485. The van der Waals surface area contributed by atoms with Crippen LogP contribution in [0.15, 0.2) is 6.20 Å². The third-order valence-corrected chi connectivity index (χ3v) is 3.55. The molecule has 5 nitrogen and oxygen atoms in total. The fraction of sp³-hybridized carbons (Fsp3) is 0.667. The summed E-state index contributed by atoms with van der Waals surface area (Å²) in [5, 5.41) is 14.6. The summed E-state index contributed by atoms with van der Waals surface area (Å²) in [5.41, 5.74) is 0.852. The third kappa shape index (κ3) is 1.99. The van der Waals surface area contributed by atoms with E-state index in [1.165, 1.54) is 0 Å². The van der Waals surface area contributed by atoms with Gasteiger partial charge in [0, 0.05) is 5.41 Å². The van der Waals surface area contributed by atoms with E-state index in [0.29, 0.717) is 5.56 Å². The second-order valence-corrected chi connectivity index (χ2v) is 4.56. The molecular weight excluding hydrogens is 214 g/mol. The van der Waals surface area contributed by atoms with Crippen molar-refractivity contribution < 1.29 is 4.92 Å². The Labute approximate surface area is 93.0 Å². The van der Waals surface area contributed by atoms with Gasteiger partial charge < -0.3 is 10.1 Å². The first-order valence-corrected chi connectivity index (χ1v) is 5.49. The summed E-state index contributed by atoms with van der Waals surface area (Å²) in [7, 11) is 0. The molecule has 1 aromatic heterocycles. The topological polar surface area (TPSA) is 61.0 Å². The van der Waals surface area contributed by atoms with Gasteiger partial charge in [-0.25, -0.2) is 0 Å². The van der Waals surface area contributed by atoms with Crippen LogP contribution in [0.3, 0.4) is 0 Å². The molecule has 0 bridgehead atoms. The van der Waals surface area contributed by atoms with Gasteiger partial charge in [-0.1, -0.05) is 0 Å². The number of hydrogen-bond acceptors (Lipinski definition) is 4. The average molecular weight is 227 g/mol. The second-order valence-electron chi connectivity index (χ2n) is 4.25. The van der Waals surface area contributed by atoms with Crippen LogP contribution in [0, 0.1) is 22.5 Å². The maximum atomic E-state index is 10.6. The van der Waals surface area contributed by atoms with Gasteiger partial charge in [-0.15, -0.1) is 0 Å². The summed E-state index contributed by atoms with van der Waals surface area (Å²) in [6, 6.07) is 0. The number of aromatic nitrogens is 2. The van der Waals surface area contributed by atoms with Crippen LogP contribution in [0.25, 0.3) is 0 Å². The summed E-state index contributed by atoms with van der Waals surface area (Å²) >= 11 is 4.29. The normalized spacial score (nSPS) is 17.7. The minimum absolute atomic E-state index is 0.0371. The highest BCUT2D eigenvalue weighted by atomic mass is 32.1. The molecule has 0 amide bonds. The molecule has 0 atom stereocenters. The lowest BCUT2D eigenvalue weighted by Gasteiger charge is -2.07. The van der Waals surface area contributed by atoms with Crippen LogP contribution in [-0.4, -0.2) is 20.5 Å². The lowest BCUT2D eigenvalue weighted by Crippen LogP contribution is -2.13. The van der Waals surface area contributed by atoms with E-state index >= 15 is 0 Å². The number of rotatable bonds is 4. The van der Waals surface area contributed by atoms with Gasteiger partial charge in [-0.2, -0.15) is 17.3 Å². The monoisotopic (exact) mass is 227 g/mol. The van der Waals surface area contributed by atoms with E-state index < -0.39 is 4.92 Å². The Kier molecular flexibility index (Phi) is 2.46. The van der Waals surface area contributed by atoms with Crippen LogP contribution in [0.2, 0.25) is 0 Å². The molecule has 82 valence electrons. The van der Waals surface area contributed by atoms with Crippen molar-refractivity contribution in [3.05, 3.63) is 21.9 Å². The second kappa shape index (κ2) is 3.52. The predicted molar refractivity (Wildman–Crippen MR) is 59.1 cm³/mol. The van der Waals surface area contributed by atoms with Gasteiger partial charge in [-0.3, -0.25) is 0 Å². The lowest BCUT2D eigenvalue weighted by atomic mass is 10.1. The van der Waals surface area contributed by atoms with Crippen molar-refractivity contribution in [3.8, 4) is 0 Å². The molecule has 1 heterocycles. The van der Waals surface area contributed by atoms with Crippen LogP contribution in [0.4, 0.5) is 5.82 Å². The minimum atomic E-state index is -0.438. The first kappa shape index (κ1) is 10.5. The van der Waals surface area contributed by atoms with Crippen molar-refractivity contribution in [2.24, 2.45) is 5.41 Å². The van der Waals surface area contributed by atoms with Gasteiger partial charge in [0.05, 0.1) is 23.4 Å². The Hall–Kier alpha value is -1.04. The lowest BCUT2D eigenvalue weighted by molar-refractivity contribution is -0.390. The highest BCUT2D eigenvalue weighted by Gasteiger charge is 2.42. The van der Waals surface area contributed by atoms with E-state index in [0.717, 1.165) is 25.1 Å². The molecule has 0 spiro atoms. The molecule has 1 fully saturated rings. The Bertz CT molecular complexity index is 398. The first-order chi connectivity index (χ1) is 7.06. The molecule has 6 heteroatoms. The van der Waals surface area contributed by atoms with Crippen LogP contribution >= 0.6 is 12.6 Å². The molecule has 0 unspecified atom stereocenters. The standard InChI is InChI=1S/C9H13N3O2S/c1-7-4-11(10-8(7)12(13)14)5-9(6-15)2-3-9/h4,15H,2-3,5-6H2,1H3. The fourth-order valence-electron chi connectivity index (χ4n) is 1.66. The Balaban J connectivity index is 2.16. The van der Waals surface area contributed by atoms with Gasteiger partial charge in [0.25, 0.3) is 0 Å². The molecule has 1 aliphatic carbocycles. The van der Waals surface area contributed by atoms with Crippen LogP contribution in [0.1, 0.15) is 18.4 Å². The predicted octanol–water partition coefficient (Wildman–Crippen LogP) is 1.81. The Morgan fingerprint density at radius 1 is 1.73 bits per heavy atom. The smallest absolute Gasteiger partial charge is 0.358 e. The fourth-order valence-corrected chi connectivity index (χ4v) is 2.08. The molecule has 0 aromatic carbocycles. The zero-order valence-corrected chi connectivity index (χ0v) is 9.41. The number of thiol groups is 1. The van der Waals surface area contributed by atoms with E-state index in [2.05, 4.69) is 17.7 Å². The van der Waals surface area contributed by atoms with Gasteiger partial charge in [0.15, 0.2) is 0 Å². The Morgan fingerprint density at radius 3 is 2.80 bits per heavy atom. The maximum absolute atomic E-state index is 10.6. The van der Waals surface area contributed by atoms with Crippen LogP contribution < -0.4 is 0 Å². The SMILES string of the molecule is Cc1cn(CC2(CS)CC2)nc1[N+](=O)[O-]. The molecule has 0 radical (unpaired) electrons. The summed E-state index contributed by atoms with van der Waals surface area (Å²) in [5.74, 6) is 0.782. The number of nitrogens with zero attached hydrogens (tertiary/aromatic N) is 3. The van der Waals surface area contributed by atoms with Crippen molar-refractivity contribution in [1.29, 1.82) is 0 Å². The number of aryl methyl sites for hydroxylation is 1. The van der Waals surface area contributed by atoms with Gasteiger partial charge in [-0.05, 0) is 30.4 Å². The van der Waals surface area contributed by atoms with E-state index in [1.807, 2.05) is 0 Å². The molecule has 2 rings (SSSR count). The van der Waals surface area contributed by atoms with Gasteiger partial charge in [0.2, 0.25) is 0 Å². The Morgan fingerprint density at radius 2 is 2.40 bits per heavy atom. The molecule has 1 aromatic rings. The summed E-state index contributed by atoms with van der Waals surface area (Å²) in [6.45, 7) is 2.45. The van der Waals surface area contributed by atoms with Crippen LogP contribution in [-0.2, 0) is 6.54 Å². The van der Waals surface area contributed by atoms with E-state index in [4.69, 9.17) is 0 Å². The molecule has 1 aliphatic rings. The maximum Gasteiger partial charge on any atom is 0.392 e. The van der Waals surface area contributed by atoms with Gasteiger partial charge >= 0.3 is 5.82 Å². The molecule has 0 saturated heterocycles. The number of nitro groups is 1. The van der Waals surface area contributed by atoms with Crippen LogP contribution in [0.5, 0.6) is 0 Å². The summed E-state index contributed by atoms with van der Waals surface area (Å²) in [4.78, 5) is 10.2. The minimum Gasteiger partial charge on any atom is -0.358 e.